The van der Waals surface area contributed by atoms with E-state index in [-0.39, 0.29) is 10.8 Å². The second-order valence-electron chi connectivity index (χ2n) is 11.3. The Labute approximate surface area is 198 Å². The molecule has 0 radical (unpaired) electrons. The fourth-order valence-corrected chi connectivity index (χ4v) is 6.21. The molecule has 7 nitrogen and oxygen atoms in total. The van der Waals surface area contributed by atoms with Crippen molar-refractivity contribution < 1.29 is 10.2 Å². The zero-order valence-electron chi connectivity index (χ0n) is 21.1. The summed E-state index contributed by atoms with van der Waals surface area (Å²) in [5, 5.41) is 21.7. The lowest BCUT2D eigenvalue weighted by Gasteiger charge is -2.53. The first-order valence-corrected chi connectivity index (χ1v) is 12.3. The molecule has 1 aromatic rings. The molecule has 3 aliphatic rings. The molecule has 1 aromatic heterocycles. The lowest BCUT2D eigenvalue weighted by Crippen LogP contribution is -2.48. The molecule has 1 aliphatic heterocycles. The lowest BCUT2D eigenvalue weighted by atomic mass is 9.54. The van der Waals surface area contributed by atoms with Crippen LogP contribution in [-0.4, -0.2) is 52.7 Å². The Bertz CT molecular complexity index is 971. The van der Waals surface area contributed by atoms with Crippen LogP contribution in [0.3, 0.4) is 0 Å². The highest BCUT2D eigenvalue weighted by Gasteiger charge is 2.50. The van der Waals surface area contributed by atoms with E-state index >= 15 is 0 Å². The smallest absolute Gasteiger partial charge is 0.159 e. The molecule has 0 aromatic carbocycles. The fourth-order valence-electron chi connectivity index (χ4n) is 6.21. The van der Waals surface area contributed by atoms with E-state index in [1.165, 1.54) is 23.0 Å². The van der Waals surface area contributed by atoms with Gasteiger partial charge >= 0.3 is 0 Å². The molecule has 7 heteroatoms. The Hall–Kier alpha value is -2.12. The summed E-state index contributed by atoms with van der Waals surface area (Å²) >= 11 is 0. The minimum atomic E-state index is -0.542. The SMILES string of the molecule is C/C(=C\CN1CN(C)c2ncnc(N)c21)CC[C@@]1(C)C2=C(CC[C@@H]1C)C(C)(C)[C@H](O)C[C@H]2O. The van der Waals surface area contributed by atoms with Crippen LogP contribution < -0.4 is 15.5 Å². The van der Waals surface area contributed by atoms with Crippen molar-refractivity contribution in [1.82, 2.24) is 9.97 Å². The number of anilines is 3. The van der Waals surface area contributed by atoms with Crippen LogP contribution in [0.5, 0.6) is 0 Å². The van der Waals surface area contributed by atoms with Crippen LogP contribution in [-0.2, 0) is 0 Å². The van der Waals surface area contributed by atoms with Crippen LogP contribution in [0.4, 0.5) is 17.3 Å². The van der Waals surface area contributed by atoms with Gasteiger partial charge in [-0.3, -0.25) is 0 Å². The number of aliphatic hydroxyl groups is 2. The quantitative estimate of drug-likeness (QED) is 0.580. The molecule has 0 saturated carbocycles. The molecule has 0 bridgehead atoms. The zero-order chi connectivity index (χ0) is 24.1. The number of hydrogen-bond acceptors (Lipinski definition) is 7. The normalized spacial score (nSPS) is 31.6. The van der Waals surface area contributed by atoms with Gasteiger partial charge in [-0.25, -0.2) is 9.97 Å². The molecular weight excluding hydrogens is 414 g/mol. The Morgan fingerprint density at radius 1 is 1.27 bits per heavy atom. The summed E-state index contributed by atoms with van der Waals surface area (Å²) in [6.45, 7) is 12.6. The van der Waals surface area contributed by atoms with Crippen molar-refractivity contribution in [2.24, 2.45) is 16.7 Å². The third-order valence-electron chi connectivity index (χ3n) is 8.84. The number of hydrogen-bond donors (Lipinski definition) is 3. The fraction of sp³-hybridized carbons (Fsp3) is 0.692. The number of aliphatic hydroxyl groups excluding tert-OH is 2. The van der Waals surface area contributed by atoms with Gasteiger partial charge in [0.2, 0.25) is 0 Å². The van der Waals surface area contributed by atoms with Crippen LogP contribution in [0.1, 0.15) is 66.7 Å². The zero-order valence-corrected chi connectivity index (χ0v) is 21.1. The standard InChI is InChI=1S/C26H41N5O2/c1-16(10-12-31-15-30(6)24-22(31)23(27)28-14-29-24)9-11-26(5)17(2)7-8-18-21(26)19(32)13-20(33)25(18,3)4/h10,14,17,19-20,32-33H,7-9,11-13,15H2,1-6H3,(H2,27,28,29)/b16-10+/t17-,19+,20+,26+/m0/s1. The molecule has 33 heavy (non-hydrogen) atoms. The maximum Gasteiger partial charge on any atom is 0.159 e. The summed E-state index contributed by atoms with van der Waals surface area (Å²) < 4.78 is 0. The Kier molecular flexibility index (Phi) is 6.25. The second kappa shape index (κ2) is 8.58. The van der Waals surface area contributed by atoms with Gasteiger partial charge in [0.25, 0.3) is 0 Å². The van der Waals surface area contributed by atoms with E-state index in [2.05, 4.69) is 60.5 Å². The molecule has 2 heterocycles. The number of nitrogen functional groups attached to an aromatic ring is 1. The monoisotopic (exact) mass is 455 g/mol. The average Bonchev–Trinajstić information content (AvgIpc) is 3.08. The van der Waals surface area contributed by atoms with Crippen molar-refractivity contribution in [2.75, 3.05) is 35.8 Å². The first-order valence-electron chi connectivity index (χ1n) is 12.3. The summed E-state index contributed by atoms with van der Waals surface area (Å²) in [6.07, 6.45) is 7.28. The highest BCUT2D eigenvalue weighted by molar-refractivity contribution is 5.81. The first kappa shape index (κ1) is 24.0. The molecule has 4 rings (SSSR count). The minimum absolute atomic E-state index is 0.0573. The molecule has 2 aliphatic carbocycles. The summed E-state index contributed by atoms with van der Waals surface area (Å²) in [5.74, 6) is 1.91. The van der Waals surface area contributed by atoms with Gasteiger partial charge in [-0.1, -0.05) is 44.9 Å². The van der Waals surface area contributed by atoms with Crippen LogP contribution in [0, 0.1) is 16.7 Å². The van der Waals surface area contributed by atoms with Gasteiger partial charge < -0.3 is 25.7 Å². The third-order valence-corrected chi connectivity index (χ3v) is 8.84. The third kappa shape index (κ3) is 4.03. The van der Waals surface area contributed by atoms with Gasteiger partial charge in [0.15, 0.2) is 11.6 Å². The molecule has 0 saturated heterocycles. The van der Waals surface area contributed by atoms with Crippen molar-refractivity contribution in [1.29, 1.82) is 0 Å². The van der Waals surface area contributed by atoms with Crippen molar-refractivity contribution in [2.45, 2.75) is 78.9 Å². The van der Waals surface area contributed by atoms with Gasteiger partial charge in [-0.2, -0.15) is 0 Å². The molecular formula is C26H41N5O2. The summed E-state index contributed by atoms with van der Waals surface area (Å²) in [4.78, 5) is 12.9. The van der Waals surface area contributed by atoms with Crippen molar-refractivity contribution in [3.8, 4) is 0 Å². The van der Waals surface area contributed by atoms with E-state index in [0.717, 1.165) is 50.4 Å². The van der Waals surface area contributed by atoms with Gasteiger partial charge in [0.1, 0.15) is 12.0 Å². The van der Waals surface area contributed by atoms with E-state index in [1.807, 2.05) is 7.05 Å². The molecule has 0 fully saturated rings. The van der Waals surface area contributed by atoms with E-state index in [0.29, 0.717) is 18.2 Å². The highest BCUT2D eigenvalue weighted by atomic mass is 16.3. The predicted molar refractivity (Wildman–Crippen MR) is 134 cm³/mol. The van der Waals surface area contributed by atoms with Crippen molar-refractivity contribution in [3.63, 3.8) is 0 Å². The lowest BCUT2D eigenvalue weighted by molar-refractivity contribution is -0.00880. The second-order valence-corrected chi connectivity index (χ2v) is 11.3. The number of nitrogens with two attached hydrogens (primary N) is 1. The molecule has 0 amide bonds. The van der Waals surface area contributed by atoms with Crippen LogP contribution >= 0.6 is 0 Å². The topological polar surface area (TPSA) is 98.7 Å². The van der Waals surface area contributed by atoms with Crippen LogP contribution in [0.15, 0.2) is 29.1 Å². The van der Waals surface area contributed by atoms with Crippen molar-refractivity contribution in [3.05, 3.63) is 29.1 Å². The van der Waals surface area contributed by atoms with Crippen molar-refractivity contribution >= 4 is 17.3 Å². The number of fused-ring (bicyclic) bond motifs is 1. The Morgan fingerprint density at radius 2 is 2.00 bits per heavy atom. The van der Waals surface area contributed by atoms with Gasteiger partial charge in [0.05, 0.1) is 18.9 Å². The van der Waals surface area contributed by atoms with Gasteiger partial charge in [0, 0.05) is 25.4 Å². The van der Waals surface area contributed by atoms with Gasteiger partial charge in [-0.15, -0.1) is 0 Å². The maximum absolute atomic E-state index is 11.0. The van der Waals surface area contributed by atoms with Gasteiger partial charge in [-0.05, 0) is 49.5 Å². The number of allylic oxidation sites excluding steroid dienone is 1. The van der Waals surface area contributed by atoms with Crippen LogP contribution in [0.2, 0.25) is 0 Å². The molecule has 0 spiro atoms. The number of nitrogens with zero attached hydrogens (tertiary/aromatic N) is 4. The average molecular weight is 456 g/mol. The number of rotatable bonds is 5. The van der Waals surface area contributed by atoms with E-state index in [9.17, 15) is 10.2 Å². The molecule has 4 atom stereocenters. The van der Waals surface area contributed by atoms with E-state index < -0.39 is 12.2 Å². The van der Waals surface area contributed by atoms with E-state index in [1.54, 1.807) is 0 Å². The summed E-state index contributed by atoms with van der Waals surface area (Å²) in [7, 11) is 2.02. The Morgan fingerprint density at radius 3 is 2.73 bits per heavy atom. The minimum Gasteiger partial charge on any atom is -0.392 e. The largest absolute Gasteiger partial charge is 0.392 e. The van der Waals surface area contributed by atoms with Crippen LogP contribution in [0.25, 0.3) is 0 Å². The number of aromatic nitrogens is 2. The summed E-state index contributed by atoms with van der Waals surface area (Å²) in [6, 6.07) is 0. The first-order chi connectivity index (χ1) is 15.5. The highest BCUT2D eigenvalue weighted by Crippen LogP contribution is 2.57. The Balaban J connectivity index is 1.50. The molecule has 182 valence electrons. The maximum atomic E-state index is 11.0. The predicted octanol–water partition coefficient (Wildman–Crippen LogP) is 3.88. The molecule has 0 unspecified atom stereocenters. The molecule has 4 N–H and O–H groups in total. The summed E-state index contributed by atoms with van der Waals surface area (Å²) in [5.41, 5.74) is 10.6. The van der Waals surface area contributed by atoms with E-state index in [4.69, 9.17) is 5.73 Å².